The van der Waals surface area contributed by atoms with Gasteiger partial charge in [-0.05, 0) is 70.3 Å². The van der Waals surface area contributed by atoms with Gasteiger partial charge in [-0.15, -0.1) is 0 Å². The van der Waals surface area contributed by atoms with Crippen molar-refractivity contribution in [2.45, 2.75) is 45.6 Å². The fraction of sp³-hybridized carbons (Fsp3) is 0.647. The molecule has 3 heteroatoms. The van der Waals surface area contributed by atoms with Crippen LogP contribution >= 0.6 is 0 Å². The van der Waals surface area contributed by atoms with E-state index in [1.54, 1.807) is 0 Å². The number of likely N-dealkylation sites (N-methyl/N-ethyl adjacent to an activating group) is 1. The summed E-state index contributed by atoms with van der Waals surface area (Å²) in [4.78, 5) is 2.32. The van der Waals surface area contributed by atoms with Crippen LogP contribution < -0.4 is 10.2 Å². The van der Waals surface area contributed by atoms with E-state index in [1.165, 1.54) is 16.8 Å². The van der Waals surface area contributed by atoms with Crippen LogP contribution in [-0.4, -0.2) is 37.9 Å². The molecule has 1 rings (SSSR count). The maximum atomic E-state index is 9.36. The minimum Gasteiger partial charge on any atom is -0.394 e. The number of benzene rings is 1. The van der Waals surface area contributed by atoms with Crippen molar-refractivity contribution in [1.29, 1.82) is 0 Å². The molecule has 2 N–H and O–H groups in total. The number of hydrogen-bond acceptors (Lipinski definition) is 3. The third-order valence-electron chi connectivity index (χ3n) is 4.07. The van der Waals surface area contributed by atoms with Gasteiger partial charge in [-0.3, -0.25) is 0 Å². The maximum absolute atomic E-state index is 9.36. The molecule has 0 amide bonds. The average Bonchev–Trinajstić information content (AvgIpc) is 2.42. The number of anilines is 1. The summed E-state index contributed by atoms with van der Waals surface area (Å²) < 4.78 is 0. The highest BCUT2D eigenvalue weighted by atomic mass is 16.3. The molecule has 0 aliphatic rings. The molecule has 1 unspecified atom stereocenters. The lowest BCUT2D eigenvalue weighted by Crippen LogP contribution is -2.43. The first-order valence-corrected chi connectivity index (χ1v) is 7.49. The highest BCUT2D eigenvalue weighted by Gasteiger charge is 2.19. The highest BCUT2D eigenvalue weighted by molar-refractivity contribution is 5.50. The van der Waals surface area contributed by atoms with Crippen molar-refractivity contribution in [2.75, 3.05) is 32.1 Å². The van der Waals surface area contributed by atoms with Crippen molar-refractivity contribution in [3.05, 3.63) is 29.3 Å². The first-order valence-electron chi connectivity index (χ1n) is 7.49. The standard InChI is InChI=1S/C17H30N2O/c1-14-10-15(2)12-16(11-14)19(5)9-7-6-8-17(3,13-20)18-4/h10-12,18,20H,6-9,13H2,1-5H3. The van der Waals surface area contributed by atoms with Crippen LogP contribution in [0.4, 0.5) is 5.69 Å². The second-order valence-corrected chi connectivity index (χ2v) is 6.19. The molecule has 1 aromatic carbocycles. The minimum absolute atomic E-state index is 0.140. The molecule has 0 bridgehead atoms. The maximum Gasteiger partial charge on any atom is 0.0610 e. The predicted molar refractivity (Wildman–Crippen MR) is 87.6 cm³/mol. The smallest absolute Gasteiger partial charge is 0.0610 e. The molecule has 3 nitrogen and oxygen atoms in total. The van der Waals surface area contributed by atoms with E-state index in [0.717, 1.165) is 25.8 Å². The van der Waals surface area contributed by atoms with Crippen LogP contribution in [0.15, 0.2) is 18.2 Å². The molecule has 0 radical (unpaired) electrons. The van der Waals surface area contributed by atoms with E-state index in [-0.39, 0.29) is 12.1 Å². The van der Waals surface area contributed by atoms with E-state index in [4.69, 9.17) is 0 Å². The number of rotatable bonds is 8. The summed E-state index contributed by atoms with van der Waals surface area (Å²) in [5, 5.41) is 12.6. The van der Waals surface area contributed by atoms with Gasteiger partial charge in [-0.1, -0.05) is 6.07 Å². The molecule has 0 saturated carbocycles. The number of nitrogens with zero attached hydrogens (tertiary/aromatic N) is 1. The Morgan fingerprint density at radius 1 is 1.15 bits per heavy atom. The van der Waals surface area contributed by atoms with Gasteiger partial charge in [-0.25, -0.2) is 0 Å². The topological polar surface area (TPSA) is 35.5 Å². The van der Waals surface area contributed by atoms with Gasteiger partial charge in [0.25, 0.3) is 0 Å². The van der Waals surface area contributed by atoms with Crippen molar-refractivity contribution in [1.82, 2.24) is 5.32 Å². The van der Waals surface area contributed by atoms with Crippen molar-refractivity contribution in [3.63, 3.8) is 0 Å². The molecule has 20 heavy (non-hydrogen) atoms. The van der Waals surface area contributed by atoms with Gasteiger partial charge in [0.15, 0.2) is 0 Å². The van der Waals surface area contributed by atoms with Crippen LogP contribution in [0.3, 0.4) is 0 Å². The first-order chi connectivity index (χ1) is 9.40. The molecule has 0 saturated heterocycles. The van der Waals surface area contributed by atoms with Crippen LogP contribution in [0.2, 0.25) is 0 Å². The van der Waals surface area contributed by atoms with Crippen LogP contribution in [0.1, 0.15) is 37.3 Å². The fourth-order valence-electron chi connectivity index (χ4n) is 2.45. The van der Waals surface area contributed by atoms with Crippen molar-refractivity contribution >= 4 is 5.69 Å². The zero-order valence-corrected chi connectivity index (χ0v) is 13.7. The van der Waals surface area contributed by atoms with Gasteiger partial charge in [0.1, 0.15) is 0 Å². The quantitative estimate of drug-likeness (QED) is 0.718. The van der Waals surface area contributed by atoms with E-state index in [1.807, 2.05) is 7.05 Å². The molecule has 0 heterocycles. The lowest BCUT2D eigenvalue weighted by molar-refractivity contribution is 0.171. The van der Waals surface area contributed by atoms with Gasteiger partial charge in [0, 0.05) is 24.8 Å². The number of aryl methyl sites for hydroxylation is 2. The number of unbranched alkanes of at least 4 members (excludes halogenated alkanes) is 1. The van der Waals surface area contributed by atoms with Gasteiger partial charge >= 0.3 is 0 Å². The van der Waals surface area contributed by atoms with E-state index < -0.39 is 0 Å². The third kappa shape index (κ3) is 5.14. The summed E-state index contributed by atoms with van der Waals surface area (Å²) in [6, 6.07) is 6.67. The largest absolute Gasteiger partial charge is 0.394 e. The number of nitrogens with one attached hydrogen (secondary N) is 1. The Bertz CT molecular complexity index is 393. The average molecular weight is 278 g/mol. The summed E-state index contributed by atoms with van der Waals surface area (Å²) in [6.07, 6.45) is 3.26. The molecule has 0 aliphatic heterocycles. The summed E-state index contributed by atoms with van der Waals surface area (Å²) >= 11 is 0. The highest BCUT2D eigenvalue weighted by Crippen LogP contribution is 2.19. The molecule has 0 aromatic heterocycles. The Balaban J connectivity index is 2.42. The molecule has 1 atom stereocenters. The fourth-order valence-corrected chi connectivity index (χ4v) is 2.45. The monoisotopic (exact) mass is 278 g/mol. The number of aliphatic hydroxyl groups is 1. The summed E-state index contributed by atoms with van der Waals surface area (Å²) in [5.41, 5.74) is 3.78. The Morgan fingerprint density at radius 3 is 2.25 bits per heavy atom. The van der Waals surface area contributed by atoms with Crippen LogP contribution in [0, 0.1) is 13.8 Å². The zero-order chi connectivity index (χ0) is 15.2. The van der Waals surface area contributed by atoms with Crippen LogP contribution in [-0.2, 0) is 0 Å². The SMILES string of the molecule is CNC(C)(CO)CCCCN(C)c1cc(C)cc(C)c1. The molecule has 1 aromatic rings. The van der Waals surface area contributed by atoms with E-state index in [9.17, 15) is 5.11 Å². The lowest BCUT2D eigenvalue weighted by Gasteiger charge is -2.27. The third-order valence-corrected chi connectivity index (χ3v) is 4.07. The predicted octanol–water partition coefficient (Wildman–Crippen LogP) is 2.88. The summed E-state index contributed by atoms with van der Waals surface area (Å²) in [6.45, 7) is 7.60. The molecule has 114 valence electrons. The van der Waals surface area contributed by atoms with Gasteiger partial charge in [0.05, 0.1) is 6.61 Å². The van der Waals surface area contributed by atoms with Crippen LogP contribution in [0.25, 0.3) is 0 Å². The molecule has 0 aliphatic carbocycles. The second kappa shape index (κ2) is 7.65. The zero-order valence-electron chi connectivity index (χ0n) is 13.7. The molecular formula is C17H30N2O. The first kappa shape index (κ1) is 17.0. The lowest BCUT2D eigenvalue weighted by atomic mass is 9.96. The van der Waals surface area contributed by atoms with Gasteiger partial charge < -0.3 is 15.3 Å². The summed E-state index contributed by atoms with van der Waals surface area (Å²) in [5.74, 6) is 0. The second-order valence-electron chi connectivity index (χ2n) is 6.19. The van der Waals surface area contributed by atoms with Gasteiger partial charge in [-0.2, -0.15) is 0 Å². The Kier molecular flexibility index (Phi) is 6.50. The van der Waals surface area contributed by atoms with Crippen molar-refractivity contribution < 1.29 is 5.11 Å². The van der Waals surface area contributed by atoms with E-state index >= 15 is 0 Å². The van der Waals surface area contributed by atoms with Crippen molar-refractivity contribution in [3.8, 4) is 0 Å². The van der Waals surface area contributed by atoms with Crippen LogP contribution in [0.5, 0.6) is 0 Å². The molecule has 0 fully saturated rings. The Labute approximate surface area is 124 Å². The van der Waals surface area contributed by atoms with Gasteiger partial charge in [0.2, 0.25) is 0 Å². The Morgan fingerprint density at radius 2 is 1.75 bits per heavy atom. The number of aliphatic hydroxyl groups excluding tert-OH is 1. The minimum atomic E-state index is -0.140. The Hall–Kier alpha value is -1.06. The van der Waals surface area contributed by atoms with E-state index in [0.29, 0.717) is 0 Å². The van der Waals surface area contributed by atoms with Crippen molar-refractivity contribution in [2.24, 2.45) is 0 Å². The van der Waals surface area contributed by atoms with E-state index in [2.05, 4.69) is 56.2 Å². The summed E-state index contributed by atoms with van der Waals surface area (Å²) in [7, 11) is 4.06. The molecule has 0 spiro atoms. The molecular weight excluding hydrogens is 248 g/mol. The normalized spacial score (nSPS) is 14.1. The number of hydrogen-bond donors (Lipinski definition) is 2.